The van der Waals surface area contributed by atoms with E-state index in [2.05, 4.69) is 10.3 Å². The molecule has 1 amide bonds. The fourth-order valence-corrected chi connectivity index (χ4v) is 1.97. The average molecular weight is 301 g/mol. The second kappa shape index (κ2) is 6.66. The van der Waals surface area contributed by atoms with Gasteiger partial charge in [0, 0.05) is 18.5 Å². The second-order valence-corrected chi connectivity index (χ2v) is 4.62. The number of methoxy groups -OCH3 is 1. The zero-order chi connectivity index (χ0) is 16.1. The lowest BCUT2D eigenvalue weighted by atomic mass is 10.1. The molecule has 0 bridgehead atoms. The molecule has 0 spiro atoms. The molecule has 7 nitrogen and oxygen atoms in total. The topological polar surface area (TPSA) is 94.4 Å². The lowest BCUT2D eigenvalue weighted by molar-refractivity contribution is -0.385. The van der Waals surface area contributed by atoms with E-state index in [1.54, 1.807) is 25.4 Å². The van der Waals surface area contributed by atoms with E-state index in [1.807, 2.05) is 6.07 Å². The van der Waals surface area contributed by atoms with Gasteiger partial charge in [-0.3, -0.25) is 19.9 Å². The van der Waals surface area contributed by atoms with Gasteiger partial charge in [0.25, 0.3) is 11.6 Å². The van der Waals surface area contributed by atoms with E-state index in [0.717, 1.165) is 5.56 Å². The van der Waals surface area contributed by atoms with Crippen LogP contribution in [-0.2, 0) is 0 Å². The molecule has 7 heteroatoms. The predicted octanol–water partition coefficient (Wildman–Crippen LogP) is 2.49. The maximum atomic E-state index is 12.3. The Labute approximate surface area is 127 Å². The van der Waals surface area contributed by atoms with Gasteiger partial charge in [-0.05, 0) is 30.7 Å². The van der Waals surface area contributed by atoms with Crippen molar-refractivity contribution in [2.75, 3.05) is 7.11 Å². The second-order valence-electron chi connectivity index (χ2n) is 4.62. The molecule has 0 saturated carbocycles. The molecule has 0 aliphatic carbocycles. The van der Waals surface area contributed by atoms with Gasteiger partial charge in [-0.25, -0.2) is 0 Å². The van der Waals surface area contributed by atoms with Crippen LogP contribution in [0.4, 0.5) is 5.69 Å². The summed E-state index contributed by atoms with van der Waals surface area (Å²) in [6.45, 7) is 1.78. The van der Waals surface area contributed by atoms with Gasteiger partial charge in [-0.15, -0.1) is 0 Å². The molecule has 0 unspecified atom stereocenters. The number of nitro groups is 1. The molecule has 1 heterocycles. The first kappa shape index (κ1) is 15.4. The molecule has 0 fully saturated rings. The van der Waals surface area contributed by atoms with Gasteiger partial charge in [0.1, 0.15) is 11.3 Å². The van der Waals surface area contributed by atoms with Crippen LogP contribution in [0.5, 0.6) is 5.75 Å². The first-order chi connectivity index (χ1) is 10.5. The third kappa shape index (κ3) is 3.38. The van der Waals surface area contributed by atoms with Gasteiger partial charge < -0.3 is 10.1 Å². The summed E-state index contributed by atoms with van der Waals surface area (Å²) in [5.41, 5.74) is 0.498. The van der Waals surface area contributed by atoms with E-state index in [0.29, 0.717) is 5.75 Å². The Morgan fingerprint density at radius 1 is 1.41 bits per heavy atom. The lowest BCUT2D eigenvalue weighted by Gasteiger charge is -2.14. The van der Waals surface area contributed by atoms with Crippen LogP contribution in [0.2, 0.25) is 0 Å². The maximum absolute atomic E-state index is 12.3. The summed E-state index contributed by atoms with van der Waals surface area (Å²) in [5, 5.41) is 13.8. The predicted molar refractivity (Wildman–Crippen MR) is 79.8 cm³/mol. The number of aromatic nitrogens is 1. The first-order valence-electron chi connectivity index (χ1n) is 6.56. The minimum atomic E-state index is -0.594. The smallest absolute Gasteiger partial charge is 0.282 e. The largest absolute Gasteiger partial charge is 0.497 e. The van der Waals surface area contributed by atoms with Gasteiger partial charge in [-0.1, -0.05) is 6.07 Å². The molecule has 0 aliphatic heterocycles. The zero-order valence-electron chi connectivity index (χ0n) is 12.1. The zero-order valence-corrected chi connectivity index (χ0v) is 12.1. The van der Waals surface area contributed by atoms with Crippen LogP contribution in [0.15, 0.2) is 42.7 Å². The van der Waals surface area contributed by atoms with Gasteiger partial charge in [0.05, 0.1) is 18.1 Å². The molecule has 1 N–H and O–H groups in total. The Balaban J connectivity index is 2.27. The van der Waals surface area contributed by atoms with Gasteiger partial charge >= 0.3 is 0 Å². The molecule has 1 aromatic carbocycles. The minimum Gasteiger partial charge on any atom is -0.497 e. The van der Waals surface area contributed by atoms with Crippen LogP contribution in [0.25, 0.3) is 0 Å². The number of nitro benzene ring substituents is 1. The Morgan fingerprint density at radius 3 is 2.77 bits per heavy atom. The van der Waals surface area contributed by atoms with Gasteiger partial charge in [-0.2, -0.15) is 0 Å². The van der Waals surface area contributed by atoms with Crippen molar-refractivity contribution >= 4 is 11.6 Å². The fourth-order valence-electron chi connectivity index (χ4n) is 1.97. The fraction of sp³-hybridized carbons (Fsp3) is 0.200. The number of hydrogen-bond donors (Lipinski definition) is 1. The normalized spacial score (nSPS) is 11.5. The summed E-state index contributed by atoms with van der Waals surface area (Å²) >= 11 is 0. The molecular weight excluding hydrogens is 286 g/mol. The maximum Gasteiger partial charge on any atom is 0.282 e. The summed E-state index contributed by atoms with van der Waals surface area (Å²) in [4.78, 5) is 26.8. The molecule has 2 aromatic rings. The van der Waals surface area contributed by atoms with Crippen molar-refractivity contribution in [1.82, 2.24) is 10.3 Å². The van der Waals surface area contributed by atoms with E-state index < -0.39 is 10.8 Å². The van der Waals surface area contributed by atoms with Crippen molar-refractivity contribution in [3.8, 4) is 5.75 Å². The molecule has 2 rings (SSSR count). The highest BCUT2D eigenvalue weighted by Crippen LogP contribution is 2.24. The molecule has 0 radical (unpaired) electrons. The summed E-state index contributed by atoms with van der Waals surface area (Å²) in [6, 6.07) is 7.29. The van der Waals surface area contributed by atoms with E-state index in [4.69, 9.17) is 4.74 Å². The lowest BCUT2D eigenvalue weighted by Crippen LogP contribution is -2.27. The van der Waals surface area contributed by atoms with Crippen LogP contribution in [0.3, 0.4) is 0 Å². The van der Waals surface area contributed by atoms with E-state index in [1.165, 1.54) is 25.3 Å². The number of amides is 1. The molecule has 1 atom stereocenters. The number of nitrogens with one attached hydrogen (secondary N) is 1. The van der Waals surface area contributed by atoms with E-state index in [-0.39, 0.29) is 17.3 Å². The van der Waals surface area contributed by atoms with Crippen LogP contribution >= 0.6 is 0 Å². The number of pyridine rings is 1. The highest BCUT2D eigenvalue weighted by molar-refractivity contribution is 5.98. The van der Waals surface area contributed by atoms with Crippen molar-refractivity contribution in [3.05, 3.63) is 64.0 Å². The Hall–Kier alpha value is -2.96. The van der Waals surface area contributed by atoms with Crippen LogP contribution in [0, 0.1) is 10.1 Å². The van der Waals surface area contributed by atoms with Crippen molar-refractivity contribution in [2.24, 2.45) is 0 Å². The van der Waals surface area contributed by atoms with Crippen LogP contribution < -0.4 is 10.1 Å². The van der Waals surface area contributed by atoms with Crippen molar-refractivity contribution in [2.45, 2.75) is 13.0 Å². The van der Waals surface area contributed by atoms with Crippen LogP contribution in [0.1, 0.15) is 28.9 Å². The average Bonchev–Trinajstić information content (AvgIpc) is 2.54. The number of ether oxygens (including phenoxy) is 1. The Bertz CT molecular complexity index is 688. The SMILES string of the molecule is COc1ccc([N+](=O)[O-])c(C(=O)N[C@H](C)c2cccnc2)c1. The highest BCUT2D eigenvalue weighted by atomic mass is 16.6. The van der Waals surface area contributed by atoms with Crippen LogP contribution in [-0.4, -0.2) is 22.9 Å². The molecule has 1 aromatic heterocycles. The number of nitrogens with zero attached hydrogens (tertiary/aromatic N) is 2. The third-order valence-electron chi connectivity index (χ3n) is 3.18. The number of rotatable bonds is 5. The van der Waals surface area contributed by atoms with E-state index >= 15 is 0 Å². The summed E-state index contributed by atoms with van der Waals surface area (Å²) in [6.07, 6.45) is 3.26. The first-order valence-corrected chi connectivity index (χ1v) is 6.56. The van der Waals surface area contributed by atoms with E-state index in [9.17, 15) is 14.9 Å². The molecular formula is C15H15N3O4. The number of benzene rings is 1. The monoisotopic (exact) mass is 301 g/mol. The molecule has 0 saturated heterocycles. The quantitative estimate of drug-likeness (QED) is 0.676. The highest BCUT2D eigenvalue weighted by Gasteiger charge is 2.22. The Kier molecular flexibility index (Phi) is 4.67. The summed E-state index contributed by atoms with van der Waals surface area (Å²) in [7, 11) is 1.43. The van der Waals surface area contributed by atoms with Gasteiger partial charge in [0.2, 0.25) is 0 Å². The minimum absolute atomic E-state index is 0.0416. The standard InChI is InChI=1S/C15H15N3O4/c1-10(11-4-3-7-16-9-11)17-15(19)13-8-12(22-2)5-6-14(13)18(20)21/h3-10H,1-2H3,(H,17,19)/t10-/m1/s1. The molecule has 0 aliphatic rings. The third-order valence-corrected chi connectivity index (χ3v) is 3.18. The number of carbonyl (C=O) groups is 1. The Morgan fingerprint density at radius 2 is 2.18 bits per heavy atom. The van der Waals surface area contributed by atoms with Crippen molar-refractivity contribution in [3.63, 3.8) is 0 Å². The summed E-state index contributed by atoms with van der Waals surface area (Å²) < 4.78 is 5.02. The molecule has 114 valence electrons. The summed E-state index contributed by atoms with van der Waals surface area (Å²) in [5.74, 6) is -0.160. The number of carbonyl (C=O) groups excluding carboxylic acids is 1. The van der Waals surface area contributed by atoms with Crippen molar-refractivity contribution < 1.29 is 14.5 Å². The van der Waals surface area contributed by atoms with Gasteiger partial charge in [0.15, 0.2) is 0 Å². The number of hydrogen-bond acceptors (Lipinski definition) is 5. The molecule has 22 heavy (non-hydrogen) atoms. The van der Waals surface area contributed by atoms with Crippen molar-refractivity contribution in [1.29, 1.82) is 0 Å².